The monoisotopic (exact) mass is 222 g/mol. The van der Waals surface area contributed by atoms with Crippen LogP contribution >= 0.6 is 0 Å². The van der Waals surface area contributed by atoms with E-state index in [2.05, 4.69) is 4.98 Å². The van der Waals surface area contributed by atoms with E-state index in [4.69, 9.17) is 5.73 Å². The highest BCUT2D eigenvalue weighted by Gasteiger charge is 2.27. The molecule has 0 unspecified atom stereocenters. The molecule has 84 valence electrons. The molecule has 4 heteroatoms. The van der Waals surface area contributed by atoms with E-state index in [-0.39, 0.29) is 5.69 Å². The molecule has 0 atom stereocenters. The molecule has 1 aromatic carbocycles. The molecule has 2 nitrogen and oxygen atoms in total. The highest BCUT2D eigenvalue weighted by Crippen LogP contribution is 2.30. The molecule has 2 aromatic rings. The van der Waals surface area contributed by atoms with Crippen molar-refractivity contribution in [1.82, 2.24) is 4.98 Å². The third-order valence-corrected chi connectivity index (χ3v) is 2.45. The smallest absolute Gasteiger partial charge is 0.287 e. The van der Waals surface area contributed by atoms with E-state index < -0.39 is 5.92 Å². The van der Waals surface area contributed by atoms with Crippen molar-refractivity contribution in [1.29, 1.82) is 0 Å². The maximum absolute atomic E-state index is 13.1. The lowest BCUT2D eigenvalue weighted by Crippen LogP contribution is -2.10. The van der Waals surface area contributed by atoms with Gasteiger partial charge in [-0.2, -0.15) is 8.78 Å². The highest BCUT2D eigenvalue weighted by atomic mass is 19.3. The number of aromatic nitrogens is 1. The topological polar surface area (TPSA) is 38.9 Å². The summed E-state index contributed by atoms with van der Waals surface area (Å²) >= 11 is 0. The summed E-state index contributed by atoms with van der Waals surface area (Å²) in [5.74, 6) is -2.97. The van der Waals surface area contributed by atoms with Gasteiger partial charge in [0.2, 0.25) is 0 Å². The summed E-state index contributed by atoms with van der Waals surface area (Å²) in [7, 11) is 0. The van der Waals surface area contributed by atoms with Gasteiger partial charge in [-0.25, -0.2) is 4.98 Å². The fraction of sp³-hybridized carbons (Fsp3) is 0.250. The second-order valence-electron chi connectivity index (χ2n) is 4.01. The van der Waals surface area contributed by atoms with Gasteiger partial charge in [-0.3, -0.25) is 0 Å². The largest absolute Gasteiger partial charge is 0.398 e. The van der Waals surface area contributed by atoms with Gasteiger partial charge in [0.05, 0.1) is 5.52 Å². The van der Waals surface area contributed by atoms with Gasteiger partial charge >= 0.3 is 0 Å². The predicted octanol–water partition coefficient (Wildman–Crippen LogP) is 3.24. The maximum Gasteiger partial charge on any atom is 0.287 e. The number of rotatable bonds is 1. The standard InChI is InChI=1S/C12H12F2N2/c1-7-3-4-10-8(5-7)9(15)6-11(16-10)12(2,13)14/h3-6H,1-2H3,(H2,15,16). The van der Waals surface area contributed by atoms with Crippen molar-refractivity contribution in [2.75, 3.05) is 5.73 Å². The number of anilines is 1. The van der Waals surface area contributed by atoms with Gasteiger partial charge in [0.1, 0.15) is 5.69 Å². The van der Waals surface area contributed by atoms with Crippen LogP contribution in [0.3, 0.4) is 0 Å². The number of halogens is 2. The number of hydrogen-bond donors (Lipinski definition) is 1. The van der Waals surface area contributed by atoms with E-state index in [0.717, 1.165) is 12.5 Å². The van der Waals surface area contributed by atoms with Gasteiger partial charge in [-0.15, -0.1) is 0 Å². The number of aryl methyl sites for hydroxylation is 1. The van der Waals surface area contributed by atoms with Crippen molar-refractivity contribution in [2.24, 2.45) is 0 Å². The Balaban J connectivity index is 2.74. The van der Waals surface area contributed by atoms with E-state index in [0.29, 0.717) is 16.6 Å². The van der Waals surface area contributed by atoms with Crippen molar-refractivity contribution in [2.45, 2.75) is 19.8 Å². The second-order valence-corrected chi connectivity index (χ2v) is 4.01. The number of benzene rings is 1. The summed E-state index contributed by atoms with van der Waals surface area (Å²) in [6, 6.07) is 6.61. The first-order valence-corrected chi connectivity index (χ1v) is 4.93. The maximum atomic E-state index is 13.1. The lowest BCUT2D eigenvalue weighted by Gasteiger charge is -2.12. The SMILES string of the molecule is Cc1ccc2nc(C(C)(F)F)cc(N)c2c1. The number of nitrogens with two attached hydrogens (primary N) is 1. The average Bonchev–Trinajstić information content (AvgIpc) is 2.17. The molecule has 0 fully saturated rings. The minimum Gasteiger partial charge on any atom is -0.398 e. The van der Waals surface area contributed by atoms with Gasteiger partial charge < -0.3 is 5.73 Å². The summed E-state index contributed by atoms with van der Waals surface area (Å²) in [6.45, 7) is 2.73. The fourth-order valence-electron chi connectivity index (χ4n) is 1.59. The van der Waals surface area contributed by atoms with Crippen molar-refractivity contribution >= 4 is 16.6 Å². The normalized spacial score (nSPS) is 12.0. The minimum atomic E-state index is -2.97. The zero-order valence-electron chi connectivity index (χ0n) is 9.09. The molecular weight excluding hydrogens is 210 g/mol. The van der Waals surface area contributed by atoms with Gasteiger partial charge in [-0.1, -0.05) is 11.6 Å². The number of nitrogen functional groups attached to an aromatic ring is 1. The molecule has 0 saturated heterocycles. The molecule has 0 bridgehead atoms. The van der Waals surface area contributed by atoms with E-state index in [1.54, 1.807) is 6.07 Å². The Morgan fingerprint density at radius 3 is 2.56 bits per heavy atom. The summed E-state index contributed by atoms with van der Waals surface area (Å²) in [6.07, 6.45) is 0. The fourth-order valence-corrected chi connectivity index (χ4v) is 1.59. The number of fused-ring (bicyclic) bond motifs is 1. The van der Waals surface area contributed by atoms with E-state index in [9.17, 15) is 8.78 Å². The van der Waals surface area contributed by atoms with Crippen LogP contribution in [0.5, 0.6) is 0 Å². The first kappa shape index (κ1) is 10.8. The van der Waals surface area contributed by atoms with Crippen LogP contribution < -0.4 is 5.73 Å². The number of nitrogens with zero attached hydrogens (tertiary/aromatic N) is 1. The van der Waals surface area contributed by atoms with Crippen LogP contribution in [0.4, 0.5) is 14.5 Å². The van der Waals surface area contributed by atoms with E-state index in [1.807, 2.05) is 19.1 Å². The summed E-state index contributed by atoms with van der Waals surface area (Å²) in [5, 5.41) is 0.716. The highest BCUT2D eigenvalue weighted by molar-refractivity contribution is 5.90. The van der Waals surface area contributed by atoms with Crippen molar-refractivity contribution < 1.29 is 8.78 Å². The first-order valence-electron chi connectivity index (χ1n) is 4.93. The van der Waals surface area contributed by atoms with Crippen molar-refractivity contribution in [3.05, 3.63) is 35.5 Å². The summed E-state index contributed by atoms with van der Waals surface area (Å²) < 4.78 is 26.2. The van der Waals surface area contributed by atoms with E-state index in [1.165, 1.54) is 6.07 Å². The lowest BCUT2D eigenvalue weighted by molar-refractivity contribution is 0.0131. The van der Waals surface area contributed by atoms with Crippen LogP contribution in [-0.2, 0) is 5.92 Å². The Morgan fingerprint density at radius 1 is 1.25 bits per heavy atom. The Hall–Kier alpha value is -1.71. The average molecular weight is 222 g/mol. The molecule has 0 amide bonds. The molecule has 0 aliphatic carbocycles. The molecule has 0 aliphatic rings. The van der Waals surface area contributed by atoms with E-state index >= 15 is 0 Å². The second kappa shape index (κ2) is 3.40. The third-order valence-electron chi connectivity index (χ3n) is 2.45. The van der Waals surface area contributed by atoms with Crippen LogP contribution in [-0.4, -0.2) is 4.98 Å². The van der Waals surface area contributed by atoms with Crippen LogP contribution in [0.25, 0.3) is 10.9 Å². The number of pyridine rings is 1. The lowest BCUT2D eigenvalue weighted by atomic mass is 10.1. The van der Waals surface area contributed by atoms with Gasteiger partial charge in [0.25, 0.3) is 5.92 Å². The quantitative estimate of drug-likeness (QED) is 0.804. The first-order chi connectivity index (χ1) is 7.38. The number of alkyl halides is 2. The zero-order valence-corrected chi connectivity index (χ0v) is 9.09. The third kappa shape index (κ3) is 1.83. The molecule has 1 heterocycles. The summed E-state index contributed by atoms with van der Waals surface area (Å²) in [4.78, 5) is 3.92. The van der Waals surface area contributed by atoms with Crippen LogP contribution in [0.15, 0.2) is 24.3 Å². The molecule has 0 aliphatic heterocycles. The van der Waals surface area contributed by atoms with Crippen LogP contribution in [0.1, 0.15) is 18.2 Å². The molecule has 0 saturated carbocycles. The molecular formula is C12H12F2N2. The molecule has 2 rings (SSSR count). The molecule has 0 radical (unpaired) electrons. The van der Waals surface area contributed by atoms with Gasteiger partial charge in [-0.05, 0) is 25.1 Å². The number of hydrogen-bond acceptors (Lipinski definition) is 2. The molecule has 1 aromatic heterocycles. The van der Waals surface area contributed by atoms with Gasteiger partial charge in [0.15, 0.2) is 0 Å². The Labute approximate surface area is 92.1 Å². The zero-order chi connectivity index (χ0) is 11.9. The van der Waals surface area contributed by atoms with Crippen molar-refractivity contribution in [3.63, 3.8) is 0 Å². The molecule has 2 N–H and O–H groups in total. The van der Waals surface area contributed by atoms with Gasteiger partial charge in [0, 0.05) is 18.0 Å². The Kier molecular flexibility index (Phi) is 2.30. The Bertz CT molecular complexity index is 544. The molecule has 16 heavy (non-hydrogen) atoms. The Morgan fingerprint density at radius 2 is 1.94 bits per heavy atom. The minimum absolute atomic E-state index is 0.290. The summed E-state index contributed by atoms with van der Waals surface area (Å²) in [5.41, 5.74) is 7.32. The van der Waals surface area contributed by atoms with Crippen LogP contribution in [0, 0.1) is 6.92 Å². The predicted molar refractivity (Wildman–Crippen MR) is 60.5 cm³/mol. The van der Waals surface area contributed by atoms with Crippen LogP contribution in [0.2, 0.25) is 0 Å². The molecule has 0 spiro atoms. The van der Waals surface area contributed by atoms with Crippen molar-refractivity contribution in [3.8, 4) is 0 Å².